The topological polar surface area (TPSA) is 49.3 Å². The van der Waals surface area contributed by atoms with Crippen molar-refractivity contribution in [2.24, 2.45) is 0 Å². The second-order valence-electron chi connectivity index (χ2n) is 4.81. The van der Waals surface area contributed by atoms with Crippen molar-refractivity contribution in [3.05, 3.63) is 71.8 Å². The number of aliphatic hydroxyl groups is 1. The van der Waals surface area contributed by atoms with Crippen LogP contribution in [0.5, 0.6) is 0 Å². The normalized spacial score (nSPS) is 13.7. The first-order valence-corrected chi connectivity index (χ1v) is 6.69. The van der Waals surface area contributed by atoms with Crippen molar-refractivity contribution < 1.29 is 9.90 Å². The molecule has 0 amide bonds. The van der Waals surface area contributed by atoms with Gasteiger partial charge in [-0.3, -0.25) is 4.79 Å². The summed E-state index contributed by atoms with van der Waals surface area (Å²) < 4.78 is 0. The van der Waals surface area contributed by atoms with Gasteiger partial charge in [-0.25, -0.2) is 0 Å². The molecule has 3 nitrogen and oxygen atoms in total. The van der Waals surface area contributed by atoms with Crippen LogP contribution in [-0.2, 0) is 11.3 Å². The van der Waals surface area contributed by atoms with Crippen molar-refractivity contribution in [3.63, 3.8) is 0 Å². The van der Waals surface area contributed by atoms with E-state index in [0.717, 1.165) is 11.1 Å². The van der Waals surface area contributed by atoms with Crippen molar-refractivity contribution in [1.29, 1.82) is 0 Å². The zero-order chi connectivity index (χ0) is 14.4. The van der Waals surface area contributed by atoms with Gasteiger partial charge in [0.1, 0.15) is 6.10 Å². The Hall–Kier alpha value is -1.97. The number of hydrogen-bond acceptors (Lipinski definition) is 3. The Kier molecular flexibility index (Phi) is 5.04. The number of ketones is 1. The largest absolute Gasteiger partial charge is 0.383 e. The summed E-state index contributed by atoms with van der Waals surface area (Å²) in [4.78, 5) is 11.5. The number of hydrogen-bond donors (Lipinski definition) is 2. The van der Waals surface area contributed by atoms with E-state index in [1.807, 2.05) is 60.7 Å². The van der Waals surface area contributed by atoms with E-state index >= 15 is 0 Å². The minimum absolute atomic E-state index is 0.237. The lowest BCUT2D eigenvalue weighted by Crippen LogP contribution is -2.36. The molecule has 2 unspecified atom stereocenters. The van der Waals surface area contributed by atoms with E-state index in [4.69, 9.17) is 0 Å². The third kappa shape index (κ3) is 3.76. The van der Waals surface area contributed by atoms with E-state index in [1.54, 1.807) is 0 Å². The molecule has 0 aromatic heterocycles. The van der Waals surface area contributed by atoms with Gasteiger partial charge >= 0.3 is 0 Å². The van der Waals surface area contributed by atoms with Crippen molar-refractivity contribution in [2.75, 3.05) is 0 Å². The number of Topliss-reactive ketones (excluding diaryl/α,β-unsaturated/α-hetero) is 1. The van der Waals surface area contributed by atoms with Gasteiger partial charge in [-0.1, -0.05) is 60.7 Å². The lowest BCUT2D eigenvalue weighted by molar-refractivity contribution is -0.126. The fourth-order valence-corrected chi connectivity index (χ4v) is 2.13. The van der Waals surface area contributed by atoms with Crippen molar-refractivity contribution in [2.45, 2.75) is 25.6 Å². The van der Waals surface area contributed by atoms with Crippen LogP contribution >= 0.6 is 0 Å². The first-order chi connectivity index (χ1) is 9.68. The van der Waals surface area contributed by atoms with E-state index in [-0.39, 0.29) is 5.78 Å². The maximum absolute atomic E-state index is 11.5. The molecule has 0 aliphatic heterocycles. The van der Waals surface area contributed by atoms with Crippen molar-refractivity contribution in [3.8, 4) is 0 Å². The molecule has 0 aliphatic carbocycles. The standard InChI is InChI=1S/C17H19NO2/c1-13(19)17(20)16(15-10-6-3-7-11-15)18-12-14-8-4-2-5-9-14/h2-11,16-18,20H,12H2,1H3. The molecule has 2 rings (SSSR count). The monoisotopic (exact) mass is 269 g/mol. The number of benzene rings is 2. The van der Waals surface area contributed by atoms with Gasteiger partial charge in [0.25, 0.3) is 0 Å². The Morgan fingerprint density at radius 3 is 2.15 bits per heavy atom. The molecule has 0 saturated carbocycles. The summed E-state index contributed by atoms with van der Waals surface area (Å²) in [7, 11) is 0. The summed E-state index contributed by atoms with van der Waals surface area (Å²) in [6.07, 6.45) is -1.04. The smallest absolute Gasteiger partial charge is 0.160 e. The molecule has 0 bridgehead atoms. The molecule has 0 radical (unpaired) electrons. The van der Waals surface area contributed by atoms with E-state index in [9.17, 15) is 9.90 Å². The highest BCUT2D eigenvalue weighted by atomic mass is 16.3. The summed E-state index contributed by atoms with van der Waals surface area (Å²) in [5.41, 5.74) is 2.02. The number of carbonyl (C=O) groups excluding carboxylic acids is 1. The van der Waals surface area contributed by atoms with Gasteiger partial charge < -0.3 is 10.4 Å². The molecule has 3 heteroatoms. The van der Waals surface area contributed by atoms with Gasteiger partial charge in [-0.2, -0.15) is 0 Å². The molecule has 2 N–H and O–H groups in total. The van der Waals surface area contributed by atoms with Crippen LogP contribution in [0.25, 0.3) is 0 Å². The van der Waals surface area contributed by atoms with Gasteiger partial charge in [0.15, 0.2) is 5.78 Å². The second kappa shape index (κ2) is 6.98. The quantitative estimate of drug-likeness (QED) is 0.847. The summed E-state index contributed by atoms with van der Waals surface area (Å²) in [5, 5.41) is 13.4. The van der Waals surface area contributed by atoms with Crippen LogP contribution in [-0.4, -0.2) is 17.0 Å². The summed E-state index contributed by atoms with van der Waals surface area (Å²) in [6, 6.07) is 19.1. The molecule has 2 aromatic carbocycles. The fourth-order valence-electron chi connectivity index (χ4n) is 2.13. The summed E-state index contributed by atoms with van der Waals surface area (Å²) >= 11 is 0. The van der Waals surface area contributed by atoms with E-state index in [2.05, 4.69) is 5.32 Å². The maximum atomic E-state index is 11.5. The zero-order valence-corrected chi connectivity index (χ0v) is 11.5. The van der Waals surface area contributed by atoms with Crippen LogP contribution in [0.1, 0.15) is 24.1 Å². The number of aliphatic hydroxyl groups excluding tert-OH is 1. The van der Waals surface area contributed by atoms with Crippen LogP contribution in [0.2, 0.25) is 0 Å². The predicted molar refractivity (Wildman–Crippen MR) is 79.2 cm³/mol. The SMILES string of the molecule is CC(=O)C(O)C(NCc1ccccc1)c1ccccc1. The van der Waals surface area contributed by atoms with Gasteiger partial charge in [0, 0.05) is 6.54 Å². The van der Waals surface area contributed by atoms with Crippen LogP contribution in [0.3, 0.4) is 0 Å². The van der Waals surface area contributed by atoms with E-state index in [1.165, 1.54) is 6.92 Å². The average molecular weight is 269 g/mol. The summed E-state index contributed by atoms with van der Waals surface area (Å²) in [6.45, 7) is 2.01. The first-order valence-electron chi connectivity index (χ1n) is 6.69. The maximum Gasteiger partial charge on any atom is 0.160 e. The Balaban J connectivity index is 2.13. The molecule has 104 valence electrons. The second-order valence-corrected chi connectivity index (χ2v) is 4.81. The average Bonchev–Trinajstić information content (AvgIpc) is 2.49. The van der Waals surface area contributed by atoms with Crippen LogP contribution in [0, 0.1) is 0 Å². The Labute approximate surface area is 119 Å². The molecule has 2 aromatic rings. The highest BCUT2D eigenvalue weighted by molar-refractivity contribution is 5.81. The lowest BCUT2D eigenvalue weighted by atomic mass is 9.98. The van der Waals surface area contributed by atoms with Gasteiger partial charge in [-0.05, 0) is 18.1 Å². The Morgan fingerprint density at radius 1 is 1.05 bits per heavy atom. The Morgan fingerprint density at radius 2 is 1.60 bits per heavy atom. The van der Waals surface area contributed by atoms with Gasteiger partial charge in [0.05, 0.1) is 6.04 Å². The lowest BCUT2D eigenvalue weighted by Gasteiger charge is -2.23. The first kappa shape index (κ1) is 14.4. The number of nitrogens with one attached hydrogen (secondary N) is 1. The molecule has 0 fully saturated rings. The minimum atomic E-state index is -1.04. The highest BCUT2D eigenvalue weighted by Crippen LogP contribution is 2.18. The van der Waals surface area contributed by atoms with Crippen LogP contribution in [0.4, 0.5) is 0 Å². The molecular weight excluding hydrogens is 250 g/mol. The molecule has 0 heterocycles. The third-order valence-electron chi connectivity index (χ3n) is 3.26. The van der Waals surface area contributed by atoms with Gasteiger partial charge in [0.2, 0.25) is 0 Å². The van der Waals surface area contributed by atoms with Crippen LogP contribution < -0.4 is 5.32 Å². The fraction of sp³-hybridized carbons (Fsp3) is 0.235. The van der Waals surface area contributed by atoms with Gasteiger partial charge in [-0.15, -0.1) is 0 Å². The van der Waals surface area contributed by atoms with E-state index < -0.39 is 12.1 Å². The minimum Gasteiger partial charge on any atom is -0.383 e. The Bertz CT molecular complexity index is 539. The zero-order valence-electron chi connectivity index (χ0n) is 11.5. The predicted octanol–water partition coefficient (Wildman–Crippen LogP) is 2.47. The number of rotatable bonds is 6. The summed E-state index contributed by atoms with van der Waals surface area (Å²) in [5.74, 6) is -0.237. The molecule has 0 spiro atoms. The highest BCUT2D eigenvalue weighted by Gasteiger charge is 2.24. The van der Waals surface area contributed by atoms with Crippen molar-refractivity contribution >= 4 is 5.78 Å². The van der Waals surface area contributed by atoms with Crippen molar-refractivity contribution in [1.82, 2.24) is 5.32 Å². The molecule has 20 heavy (non-hydrogen) atoms. The molecule has 0 aliphatic rings. The van der Waals surface area contributed by atoms with Crippen LogP contribution in [0.15, 0.2) is 60.7 Å². The number of carbonyl (C=O) groups is 1. The molecule has 2 atom stereocenters. The molecular formula is C17H19NO2. The van der Waals surface area contributed by atoms with E-state index in [0.29, 0.717) is 6.54 Å². The molecule has 0 saturated heterocycles. The third-order valence-corrected chi connectivity index (χ3v) is 3.26.